The lowest BCUT2D eigenvalue weighted by atomic mass is 9.95. The number of aliphatic hydroxyl groups is 1. The van der Waals surface area contributed by atoms with Crippen LogP contribution in [0.4, 0.5) is 0 Å². The van der Waals surface area contributed by atoms with Gasteiger partial charge in [0.2, 0.25) is 5.78 Å². The highest BCUT2D eigenvalue weighted by molar-refractivity contribution is 7.12. The first-order chi connectivity index (χ1) is 15.0. The first kappa shape index (κ1) is 22.3. The molecule has 1 amide bonds. The summed E-state index contributed by atoms with van der Waals surface area (Å²) in [6, 6.07) is 7.75. The molecule has 0 radical (unpaired) electrons. The lowest BCUT2D eigenvalue weighted by Gasteiger charge is -2.30. The highest BCUT2D eigenvalue weighted by Crippen LogP contribution is 2.41. The summed E-state index contributed by atoms with van der Waals surface area (Å²) in [5, 5.41) is 13.2. The molecule has 0 bridgehead atoms. The number of ketones is 1. The molecule has 0 saturated carbocycles. The molecule has 1 fully saturated rings. The minimum Gasteiger partial charge on any atom is -0.503 e. The van der Waals surface area contributed by atoms with Crippen LogP contribution in [0.2, 0.25) is 10.0 Å². The lowest BCUT2D eigenvalue weighted by molar-refractivity contribution is -0.129. The van der Waals surface area contributed by atoms with E-state index >= 15 is 0 Å². The van der Waals surface area contributed by atoms with E-state index in [0.717, 1.165) is 19.6 Å². The molecule has 1 saturated heterocycles. The van der Waals surface area contributed by atoms with E-state index in [-0.39, 0.29) is 11.4 Å². The predicted molar refractivity (Wildman–Crippen MR) is 121 cm³/mol. The summed E-state index contributed by atoms with van der Waals surface area (Å²) in [5.74, 6) is -1.40. The van der Waals surface area contributed by atoms with Gasteiger partial charge in [0.25, 0.3) is 5.91 Å². The van der Waals surface area contributed by atoms with E-state index in [9.17, 15) is 14.7 Å². The Morgan fingerprint density at radius 1 is 1.16 bits per heavy atom. The zero-order chi connectivity index (χ0) is 22.0. The van der Waals surface area contributed by atoms with Crippen molar-refractivity contribution in [2.45, 2.75) is 12.5 Å². The molecular weight excluding hydrogens is 459 g/mol. The Labute approximate surface area is 194 Å². The van der Waals surface area contributed by atoms with Crippen molar-refractivity contribution in [3.05, 3.63) is 67.5 Å². The summed E-state index contributed by atoms with van der Waals surface area (Å²) in [5.41, 5.74) is 0.718. The molecule has 1 N–H and O–H groups in total. The molecule has 0 aliphatic carbocycles. The van der Waals surface area contributed by atoms with Gasteiger partial charge in [0.1, 0.15) is 0 Å². The quantitative estimate of drug-likeness (QED) is 0.596. The number of rotatable bonds is 7. The summed E-state index contributed by atoms with van der Waals surface area (Å²) >= 11 is 13.6. The van der Waals surface area contributed by atoms with E-state index in [1.165, 1.54) is 11.3 Å². The van der Waals surface area contributed by atoms with Gasteiger partial charge in [-0.15, -0.1) is 11.3 Å². The van der Waals surface area contributed by atoms with Gasteiger partial charge < -0.3 is 14.7 Å². The van der Waals surface area contributed by atoms with E-state index in [4.69, 9.17) is 27.9 Å². The van der Waals surface area contributed by atoms with Crippen LogP contribution >= 0.6 is 34.5 Å². The molecular formula is C22H22Cl2N2O4S. The Hall–Kier alpha value is -1.90. The number of thiophene rings is 1. The zero-order valence-corrected chi connectivity index (χ0v) is 19.1. The molecule has 2 aromatic rings. The number of benzene rings is 1. The second-order valence-electron chi connectivity index (χ2n) is 7.45. The minimum absolute atomic E-state index is 0.0808. The average molecular weight is 481 g/mol. The van der Waals surface area contributed by atoms with Crippen LogP contribution in [-0.2, 0) is 9.53 Å². The second kappa shape index (κ2) is 9.71. The summed E-state index contributed by atoms with van der Waals surface area (Å²) in [6.07, 6.45) is 0.706. The molecule has 2 aliphatic rings. The fourth-order valence-electron chi connectivity index (χ4n) is 3.98. The van der Waals surface area contributed by atoms with Gasteiger partial charge in [-0.2, -0.15) is 0 Å². The van der Waals surface area contributed by atoms with E-state index in [0.29, 0.717) is 46.7 Å². The predicted octanol–water partition coefficient (Wildman–Crippen LogP) is 4.36. The van der Waals surface area contributed by atoms with Crippen LogP contribution in [0.25, 0.3) is 0 Å². The molecule has 6 nitrogen and oxygen atoms in total. The van der Waals surface area contributed by atoms with Gasteiger partial charge >= 0.3 is 0 Å². The molecule has 0 spiro atoms. The maximum atomic E-state index is 13.2. The van der Waals surface area contributed by atoms with Gasteiger partial charge in [0.15, 0.2) is 5.76 Å². The van der Waals surface area contributed by atoms with Crippen LogP contribution in [0.15, 0.2) is 47.0 Å². The van der Waals surface area contributed by atoms with E-state index in [1.54, 1.807) is 40.6 Å². The number of amides is 1. The molecule has 1 aromatic heterocycles. The highest BCUT2D eigenvalue weighted by Gasteiger charge is 2.43. The zero-order valence-electron chi connectivity index (χ0n) is 16.7. The number of carbonyl (C=O) groups excluding carboxylic acids is 2. The minimum atomic E-state index is -0.721. The number of aliphatic hydroxyl groups excluding tert-OH is 1. The van der Waals surface area contributed by atoms with E-state index in [1.807, 2.05) is 0 Å². The van der Waals surface area contributed by atoms with Gasteiger partial charge in [0.05, 0.1) is 39.8 Å². The SMILES string of the molecule is O=C(C1=C(O)C(=O)N(CCCN2CCOCC2)[C@@H]1c1ccc(Cl)c(Cl)c1)c1cccs1. The van der Waals surface area contributed by atoms with Crippen molar-refractivity contribution in [1.29, 1.82) is 0 Å². The van der Waals surface area contributed by atoms with Crippen molar-refractivity contribution < 1.29 is 19.4 Å². The number of morpholine rings is 1. The maximum absolute atomic E-state index is 13.2. The van der Waals surface area contributed by atoms with Crippen LogP contribution in [0.1, 0.15) is 27.7 Å². The van der Waals surface area contributed by atoms with Gasteiger partial charge in [-0.25, -0.2) is 0 Å². The number of hydrogen-bond donors (Lipinski definition) is 1. The van der Waals surface area contributed by atoms with Crippen LogP contribution < -0.4 is 0 Å². The third-order valence-electron chi connectivity index (χ3n) is 5.53. The summed E-state index contributed by atoms with van der Waals surface area (Å²) in [7, 11) is 0. The molecule has 9 heteroatoms. The molecule has 164 valence electrons. The topological polar surface area (TPSA) is 70.1 Å². The molecule has 1 atom stereocenters. The number of halogens is 2. The molecule has 31 heavy (non-hydrogen) atoms. The first-order valence-electron chi connectivity index (χ1n) is 10.0. The van der Waals surface area contributed by atoms with Crippen LogP contribution in [0.5, 0.6) is 0 Å². The molecule has 4 rings (SSSR count). The van der Waals surface area contributed by atoms with Gasteiger partial charge in [0, 0.05) is 26.2 Å². The van der Waals surface area contributed by atoms with E-state index in [2.05, 4.69) is 4.90 Å². The van der Waals surface area contributed by atoms with Crippen molar-refractivity contribution in [3.8, 4) is 0 Å². The second-order valence-corrected chi connectivity index (χ2v) is 9.21. The Kier molecular flexibility index (Phi) is 6.99. The summed E-state index contributed by atoms with van der Waals surface area (Å²) in [4.78, 5) is 30.5. The van der Waals surface area contributed by atoms with Crippen LogP contribution in [-0.4, -0.2) is 66.0 Å². The van der Waals surface area contributed by atoms with Crippen molar-refractivity contribution in [1.82, 2.24) is 9.80 Å². The smallest absolute Gasteiger partial charge is 0.290 e. The Balaban J connectivity index is 1.62. The van der Waals surface area contributed by atoms with Crippen molar-refractivity contribution in [2.24, 2.45) is 0 Å². The van der Waals surface area contributed by atoms with Crippen molar-refractivity contribution >= 4 is 46.2 Å². The summed E-state index contributed by atoms with van der Waals surface area (Å²) < 4.78 is 5.38. The van der Waals surface area contributed by atoms with E-state index < -0.39 is 17.7 Å². The number of nitrogens with zero attached hydrogens (tertiary/aromatic N) is 2. The largest absolute Gasteiger partial charge is 0.503 e. The molecule has 0 unspecified atom stereocenters. The van der Waals surface area contributed by atoms with Gasteiger partial charge in [-0.1, -0.05) is 35.3 Å². The Morgan fingerprint density at radius 3 is 2.61 bits per heavy atom. The Morgan fingerprint density at radius 2 is 1.94 bits per heavy atom. The first-order valence-corrected chi connectivity index (χ1v) is 11.7. The number of hydrogen-bond acceptors (Lipinski definition) is 6. The number of Topliss-reactive ketones (excluding diaryl/α,β-unsaturated/α-hetero) is 1. The maximum Gasteiger partial charge on any atom is 0.290 e. The lowest BCUT2D eigenvalue weighted by Crippen LogP contribution is -2.39. The van der Waals surface area contributed by atoms with Crippen LogP contribution in [0, 0.1) is 0 Å². The number of carbonyl (C=O) groups is 2. The standard InChI is InChI=1S/C22H22Cl2N2O4S/c23-15-5-4-14(13-16(15)24)19-18(20(27)17-3-1-12-31-17)21(28)22(29)26(19)7-2-6-25-8-10-30-11-9-25/h1,3-5,12-13,19,28H,2,6-11H2/t19-/m1/s1. The third-order valence-corrected chi connectivity index (χ3v) is 7.14. The average Bonchev–Trinajstić information content (AvgIpc) is 3.39. The van der Waals surface area contributed by atoms with Gasteiger partial charge in [-0.3, -0.25) is 14.5 Å². The molecule has 1 aromatic carbocycles. The monoisotopic (exact) mass is 480 g/mol. The fourth-order valence-corrected chi connectivity index (χ4v) is 4.96. The normalized spacial score (nSPS) is 20.0. The number of ether oxygens (including phenoxy) is 1. The molecule has 3 heterocycles. The van der Waals surface area contributed by atoms with Crippen molar-refractivity contribution in [3.63, 3.8) is 0 Å². The van der Waals surface area contributed by atoms with Crippen LogP contribution in [0.3, 0.4) is 0 Å². The van der Waals surface area contributed by atoms with Gasteiger partial charge in [-0.05, 0) is 35.6 Å². The Bertz CT molecular complexity index is 1000. The van der Waals surface area contributed by atoms with Crippen molar-refractivity contribution in [2.75, 3.05) is 39.4 Å². The highest BCUT2D eigenvalue weighted by atomic mass is 35.5. The summed E-state index contributed by atoms with van der Waals surface area (Å²) in [6.45, 7) is 4.32. The third kappa shape index (κ3) is 4.66. The molecule has 2 aliphatic heterocycles. The fraction of sp³-hybridized carbons (Fsp3) is 0.364.